The first kappa shape index (κ1) is 15.5. The number of halogens is 2. The Labute approximate surface area is 122 Å². The summed E-state index contributed by atoms with van der Waals surface area (Å²) < 4.78 is 1.02. The quantitative estimate of drug-likeness (QED) is 0.893. The zero-order chi connectivity index (χ0) is 12.3. The molecule has 1 fully saturated rings. The van der Waals surface area contributed by atoms with Crippen molar-refractivity contribution in [2.45, 2.75) is 37.8 Å². The van der Waals surface area contributed by atoms with Crippen molar-refractivity contribution in [3.8, 4) is 0 Å². The molecule has 0 unspecified atom stereocenters. The van der Waals surface area contributed by atoms with E-state index in [-0.39, 0.29) is 18.3 Å². The monoisotopic (exact) mass is 332 g/mol. The van der Waals surface area contributed by atoms with Gasteiger partial charge >= 0.3 is 0 Å². The average Bonchev–Trinajstić information content (AvgIpc) is 2.74. The van der Waals surface area contributed by atoms with Gasteiger partial charge in [-0.1, -0.05) is 40.9 Å². The number of hydrogen-bond acceptors (Lipinski definition) is 2. The predicted octanol–water partition coefficient (Wildman–Crippen LogP) is 2.76. The van der Waals surface area contributed by atoms with Crippen molar-refractivity contribution >= 4 is 34.2 Å². The van der Waals surface area contributed by atoms with E-state index in [1.165, 1.54) is 0 Å². The minimum atomic E-state index is -0.633. The van der Waals surface area contributed by atoms with Crippen LogP contribution in [0.1, 0.15) is 31.2 Å². The van der Waals surface area contributed by atoms with Crippen molar-refractivity contribution in [3.63, 3.8) is 0 Å². The second-order valence-electron chi connectivity index (χ2n) is 4.68. The summed E-state index contributed by atoms with van der Waals surface area (Å²) in [5.41, 5.74) is 6.52. The Morgan fingerprint density at radius 2 is 2.06 bits per heavy atom. The number of benzene rings is 1. The molecule has 0 aromatic heterocycles. The molecule has 1 aliphatic rings. The molecule has 5 heteroatoms. The molecule has 3 N–H and O–H groups in total. The smallest absolute Gasteiger partial charge is 0.240 e. The normalized spacial score (nSPS) is 17.0. The maximum atomic E-state index is 12.0. The third kappa shape index (κ3) is 3.70. The standard InChI is InChI=1S/C13H17BrN2O.ClH/c14-11-5-3-4-10(8-11)9-16-12(17)13(15)6-1-2-7-13;/h3-5,8H,1-2,6-7,9,15H2,(H,16,17);1H. The average molecular weight is 334 g/mol. The second kappa shape index (κ2) is 6.55. The van der Waals surface area contributed by atoms with Gasteiger partial charge in [0.05, 0.1) is 5.54 Å². The number of nitrogens with two attached hydrogens (primary N) is 1. The number of carbonyl (C=O) groups is 1. The van der Waals surface area contributed by atoms with Crippen molar-refractivity contribution in [3.05, 3.63) is 34.3 Å². The highest BCUT2D eigenvalue weighted by atomic mass is 79.9. The van der Waals surface area contributed by atoms with Gasteiger partial charge in [0.1, 0.15) is 0 Å². The molecule has 3 nitrogen and oxygen atoms in total. The molecule has 0 saturated heterocycles. The molecular formula is C13H18BrClN2O. The molecule has 0 heterocycles. The molecule has 18 heavy (non-hydrogen) atoms. The number of hydrogen-bond donors (Lipinski definition) is 2. The van der Waals surface area contributed by atoms with Crippen molar-refractivity contribution in [2.24, 2.45) is 5.73 Å². The molecule has 1 aromatic rings. The number of nitrogens with one attached hydrogen (secondary N) is 1. The Kier molecular flexibility index (Phi) is 5.63. The van der Waals surface area contributed by atoms with Crippen LogP contribution in [0.4, 0.5) is 0 Å². The van der Waals surface area contributed by atoms with Gasteiger partial charge in [-0.3, -0.25) is 4.79 Å². The molecule has 0 aliphatic heterocycles. The molecule has 0 atom stereocenters. The summed E-state index contributed by atoms with van der Waals surface area (Å²) in [4.78, 5) is 12.0. The molecule has 1 aliphatic carbocycles. The van der Waals surface area contributed by atoms with Crippen LogP contribution in [0, 0.1) is 0 Å². The lowest BCUT2D eigenvalue weighted by Gasteiger charge is -2.22. The van der Waals surface area contributed by atoms with Gasteiger partial charge in [0.15, 0.2) is 0 Å². The van der Waals surface area contributed by atoms with Gasteiger partial charge in [0.2, 0.25) is 5.91 Å². The van der Waals surface area contributed by atoms with Crippen molar-refractivity contribution in [2.75, 3.05) is 0 Å². The van der Waals surface area contributed by atoms with Crippen LogP contribution in [-0.4, -0.2) is 11.4 Å². The highest BCUT2D eigenvalue weighted by Gasteiger charge is 2.36. The van der Waals surface area contributed by atoms with Crippen LogP contribution >= 0.6 is 28.3 Å². The SMILES string of the molecule is Cl.NC1(C(=O)NCc2cccc(Br)c2)CCCC1. The summed E-state index contributed by atoms with van der Waals surface area (Å²) >= 11 is 3.41. The van der Waals surface area contributed by atoms with Crippen LogP contribution in [0.15, 0.2) is 28.7 Å². The summed E-state index contributed by atoms with van der Waals surface area (Å²) in [5.74, 6) is -0.0185. The first-order valence-electron chi connectivity index (χ1n) is 5.92. The van der Waals surface area contributed by atoms with Crippen LogP contribution < -0.4 is 11.1 Å². The Hall–Kier alpha value is -0.580. The third-order valence-electron chi connectivity index (χ3n) is 3.29. The molecule has 0 radical (unpaired) electrons. The lowest BCUT2D eigenvalue weighted by molar-refractivity contribution is -0.126. The fourth-order valence-electron chi connectivity index (χ4n) is 2.24. The maximum absolute atomic E-state index is 12.0. The van der Waals surface area contributed by atoms with Crippen molar-refractivity contribution in [1.82, 2.24) is 5.32 Å². The van der Waals surface area contributed by atoms with E-state index in [4.69, 9.17) is 5.73 Å². The van der Waals surface area contributed by atoms with E-state index in [0.717, 1.165) is 35.7 Å². The summed E-state index contributed by atoms with van der Waals surface area (Å²) in [6.45, 7) is 0.539. The lowest BCUT2D eigenvalue weighted by Crippen LogP contribution is -2.51. The minimum Gasteiger partial charge on any atom is -0.350 e. The highest BCUT2D eigenvalue weighted by Crippen LogP contribution is 2.27. The Balaban J connectivity index is 0.00000162. The van der Waals surface area contributed by atoms with Gasteiger partial charge in [-0.25, -0.2) is 0 Å². The summed E-state index contributed by atoms with van der Waals surface area (Å²) in [5, 5.41) is 2.92. The van der Waals surface area contributed by atoms with Crippen LogP contribution in [-0.2, 0) is 11.3 Å². The largest absolute Gasteiger partial charge is 0.350 e. The van der Waals surface area contributed by atoms with E-state index in [0.29, 0.717) is 6.54 Å². The maximum Gasteiger partial charge on any atom is 0.240 e. The van der Waals surface area contributed by atoms with E-state index in [1.54, 1.807) is 0 Å². The molecule has 0 spiro atoms. The summed E-state index contributed by atoms with van der Waals surface area (Å²) in [6.07, 6.45) is 3.72. The Morgan fingerprint density at radius 3 is 2.67 bits per heavy atom. The lowest BCUT2D eigenvalue weighted by atomic mass is 9.98. The first-order valence-corrected chi connectivity index (χ1v) is 6.71. The molecule has 0 bridgehead atoms. The number of rotatable bonds is 3. The minimum absolute atomic E-state index is 0. The molecule has 1 aromatic carbocycles. The van der Waals surface area contributed by atoms with Crippen LogP contribution in [0.2, 0.25) is 0 Å². The van der Waals surface area contributed by atoms with E-state index in [9.17, 15) is 4.79 Å². The van der Waals surface area contributed by atoms with Crippen molar-refractivity contribution in [1.29, 1.82) is 0 Å². The van der Waals surface area contributed by atoms with Crippen LogP contribution in [0.3, 0.4) is 0 Å². The van der Waals surface area contributed by atoms with E-state index in [2.05, 4.69) is 21.2 Å². The van der Waals surface area contributed by atoms with E-state index < -0.39 is 5.54 Å². The fourth-order valence-corrected chi connectivity index (χ4v) is 2.68. The van der Waals surface area contributed by atoms with Crippen LogP contribution in [0.25, 0.3) is 0 Å². The molecule has 2 rings (SSSR count). The van der Waals surface area contributed by atoms with E-state index in [1.807, 2.05) is 24.3 Å². The van der Waals surface area contributed by atoms with Gasteiger partial charge in [0.25, 0.3) is 0 Å². The molecule has 1 amide bonds. The molecule has 1 saturated carbocycles. The topological polar surface area (TPSA) is 55.1 Å². The van der Waals surface area contributed by atoms with Gasteiger partial charge in [-0.2, -0.15) is 0 Å². The Morgan fingerprint density at radius 1 is 1.39 bits per heavy atom. The second-order valence-corrected chi connectivity index (χ2v) is 5.59. The summed E-state index contributed by atoms with van der Waals surface area (Å²) in [7, 11) is 0. The predicted molar refractivity (Wildman–Crippen MR) is 78.6 cm³/mol. The van der Waals surface area contributed by atoms with Crippen LogP contribution in [0.5, 0.6) is 0 Å². The molecule has 100 valence electrons. The summed E-state index contributed by atoms with van der Waals surface area (Å²) in [6, 6.07) is 7.91. The molecular weight excluding hydrogens is 316 g/mol. The zero-order valence-electron chi connectivity index (χ0n) is 10.1. The fraction of sp³-hybridized carbons (Fsp3) is 0.462. The van der Waals surface area contributed by atoms with Gasteiger partial charge in [0, 0.05) is 11.0 Å². The van der Waals surface area contributed by atoms with Gasteiger partial charge in [-0.05, 0) is 30.5 Å². The third-order valence-corrected chi connectivity index (χ3v) is 3.78. The number of amides is 1. The zero-order valence-corrected chi connectivity index (χ0v) is 12.5. The first-order chi connectivity index (χ1) is 8.10. The van der Waals surface area contributed by atoms with Crippen molar-refractivity contribution < 1.29 is 4.79 Å². The number of carbonyl (C=O) groups excluding carboxylic acids is 1. The van der Waals surface area contributed by atoms with E-state index >= 15 is 0 Å². The van der Waals surface area contributed by atoms with Gasteiger partial charge in [-0.15, -0.1) is 12.4 Å². The highest BCUT2D eigenvalue weighted by molar-refractivity contribution is 9.10. The Bertz CT molecular complexity index is 419. The van der Waals surface area contributed by atoms with Gasteiger partial charge < -0.3 is 11.1 Å².